The lowest BCUT2D eigenvalue weighted by Gasteiger charge is -2.15. The number of anilines is 1. The number of carbonyl (C=O) groups is 1. The molecule has 0 aliphatic heterocycles. The number of carboxylic acids is 1. The molecular formula is C14H17N3O2. The zero-order valence-electron chi connectivity index (χ0n) is 11.2. The summed E-state index contributed by atoms with van der Waals surface area (Å²) in [7, 11) is 1.88. The molecule has 2 rings (SSSR count). The van der Waals surface area contributed by atoms with Crippen LogP contribution in [0.1, 0.15) is 34.6 Å². The molecule has 5 heteroatoms. The van der Waals surface area contributed by atoms with Gasteiger partial charge in [0.15, 0.2) is 0 Å². The van der Waals surface area contributed by atoms with E-state index in [0.29, 0.717) is 0 Å². The van der Waals surface area contributed by atoms with Gasteiger partial charge in [0.25, 0.3) is 0 Å². The first kappa shape index (κ1) is 13.1. The standard InChI is InChI=1S/C14H17N3O2/c1-9(13-8-17(3)16-10(13)2)15-12-6-4-5-11(7-12)14(18)19/h4-9,15H,1-3H3,(H,18,19). The Hall–Kier alpha value is -2.30. The van der Waals surface area contributed by atoms with E-state index >= 15 is 0 Å². The summed E-state index contributed by atoms with van der Waals surface area (Å²) in [6.45, 7) is 3.98. The maximum Gasteiger partial charge on any atom is 0.335 e. The maximum atomic E-state index is 10.9. The molecule has 0 saturated carbocycles. The van der Waals surface area contributed by atoms with Crippen LogP contribution in [0.3, 0.4) is 0 Å². The normalized spacial score (nSPS) is 12.2. The van der Waals surface area contributed by atoms with Crippen molar-refractivity contribution in [2.24, 2.45) is 7.05 Å². The molecule has 0 bridgehead atoms. The van der Waals surface area contributed by atoms with E-state index in [9.17, 15) is 4.79 Å². The number of aryl methyl sites for hydroxylation is 2. The second kappa shape index (κ2) is 5.14. The molecule has 0 fully saturated rings. The molecular weight excluding hydrogens is 242 g/mol. The molecule has 1 unspecified atom stereocenters. The molecule has 0 aliphatic carbocycles. The van der Waals surface area contributed by atoms with Crippen LogP contribution in [-0.2, 0) is 7.05 Å². The van der Waals surface area contributed by atoms with E-state index in [1.165, 1.54) is 0 Å². The van der Waals surface area contributed by atoms with Crippen LogP contribution in [-0.4, -0.2) is 20.9 Å². The molecule has 2 aromatic rings. The lowest BCUT2D eigenvalue weighted by atomic mass is 10.1. The van der Waals surface area contributed by atoms with Crippen molar-refractivity contribution in [1.29, 1.82) is 0 Å². The van der Waals surface area contributed by atoms with E-state index in [0.717, 1.165) is 16.9 Å². The molecule has 1 atom stereocenters. The van der Waals surface area contributed by atoms with Crippen molar-refractivity contribution in [3.63, 3.8) is 0 Å². The highest BCUT2D eigenvalue weighted by atomic mass is 16.4. The molecule has 2 N–H and O–H groups in total. The third-order valence-electron chi connectivity index (χ3n) is 3.01. The molecule has 0 spiro atoms. The minimum Gasteiger partial charge on any atom is -0.478 e. The fourth-order valence-corrected chi connectivity index (χ4v) is 2.11. The van der Waals surface area contributed by atoms with Crippen LogP contribution in [0, 0.1) is 6.92 Å². The second-order valence-electron chi connectivity index (χ2n) is 4.60. The van der Waals surface area contributed by atoms with Crippen molar-refractivity contribution >= 4 is 11.7 Å². The Kier molecular flexibility index (Phi) is 3.55. The fourth-order valence-electron chi connectivity index (χ4n) is 2.11. The Bertz CT molecular complexity index is 604. The summed E-state index contributed by atoms with van der Waals surface area (Å²) < 4.78 is 1.77. The van der Waals surface area contributed by atoms with E-state index in [1.54, 1.807) is 22.9 Å². The molecule has 5 nitrogen and oxygen atoms in total. The van der Waals surface area contributed by atoms with Crippen LogP contribution in [0.25, 0.3) is 0 Å². The summed E-state index contributed by atoms with van der Waals surface area (Å²) in [6.07, 6.45) is 1.97. The fraction of sp³-hybridized carbons (Fsp3) is 0.286. The van der Waals surface area contributed by atoms with Gasteiger partial charge in [0.05, 0.1) is 17.3 Å². The number of rotatable bonds is 4. The van der Waals surface area contributed by atoms with Gasteiger partial charge >= 0.3 is 5.97 Å². The zero-order chi connectivity index (χ0) is 14.0. The summed E-state index contributed by atoms with van der Waals surface area (Å²) in [5, 5.41) is 16.6. The Morgan fingerprint density at radius 2 is 2.21 bits per heavy atom. The van der Waals surface area contributed by atoms with Gasteiger partial charge in [0.2, 0.25) is 0 Å². The van der Waals surface area contributed by atoms with Crippen molar-refractivity contribution in [3.8, 4) is 0 Å². The summed E-state index contributed by atoms with van der Waals surface area (Å²) >= 11 is 0. The van der Waals surface area contributed by atoms with Gasteiger partial charge in [-0.25, -0.2) is 4.79 Å². The van der Waals surface area contributed by atoms with Crippen molar-refractivity contribution in [2.45, 2.75) is 19.9 Å². The van der Waals surface area contributed by atoms with Gasteiger partial charge in [-0.15, -0.1) is 0 Å². The smallest absolute Gasteiger partial charge is 0.335 e. The first-order valence-electron chi connectivity index (χ1n) is 6.07. The Morgan fingerprint density at radius 1 is 1.47 bits per heavy atom. The van der Waals surface area contributed by atoms with Gasteiger partial charge in [-0.2, -0.15) is 5.10 Å². The average molecular weight is 259 g/mol. The van der Waals surface area contributed by atoms with Gasteiger partial charge in [-0.05, 0) is 32.0 Å². The van der Waals surface area contributed by atoms with Crippen LogP contribution in [0.2, 0.25) is 0 Å². The van der Waals surface area contributed by atoms with Gasteiger partial charge in [0, 0.05) is 24.5 Å². The van der Waals surface area contributed by atoms with E-state index in [1.807, 2.05) is 33.2 Å². The maximum absolute atomic E-state index is 10.9. The third-order valence-corrected chi connectivity index (χ3v) is 3.01. The van der Waals surface area contributed by atoms with Crippen LogP contribution >= 0.6 is 0 Å². The number of aromatic nitrogens is 2. The third kappa shape index (κ3) is 2.93. The van der Waals surface area contributed by atoms with Crippen LogP contribution in [0.4, 0.5) is 5.69 Å². The molecule has 0 amide bonds. The summed E-state index contributed by atoms with van der Waals surface area (Å²) in [5.74, 6) is -0.922. The second-order valence-corrected chi connectivity index (χ2v) is 4.60. The highest BCUT2D eigenvalue weighted by Gasteiger charge is 2.12. The Labute approximate surface area is 111 Å². The van der Waals surface area contributed by atoms with Crippen molar-refractivity contribution < 1.29 is 9.90 Å². The number of benzene rings is 1. The minimum absolute atomic E-state index is 0.0674. The first-order chi connectivity index (χ1) is 8.97. The first-order valence-corrected chi connectivity index (χ1v) is 6.07. The van der Waals surface area contributed by atoms with E-state index < -0.39 is 5.97 Å². The highest BCUT2D eigenvalue weighted by Crippen LogP contribution is 2.21. The molecule has 0 aliphatic rings. The summed E-state index contributed by atoms with van der Waals surface area (Å²) in [5.41, 5.74) is 3.14. The van der Waals surface area contributed by atoms with Gasteiger partial charge < -0.3 is 10.4 Å². The monoisotopic (exact) mass is 259 g/mol. The van der Waals surface area contributed by atoms with Crippen LogP contribution in [0.15, 0.2) is 30.5 Å². The molecule has 1 aromatic carbocycles. The number of nitrogens with zero attached hydrogens (tertiary/aromatic N) is 2. The average Bonchev–Trinajstić information content (AvgIpc) is 2.69. The number of aromatic carboxylic acids is 1. The van der Waals surface area contributed by atoms with Crippen molar-refractivity contribution in [2.75, 3.05) is 5.32 Å². The predicted octanol–water partition coefficient (Wildman–Crippen LogP) is 2.60. The Morgan fingerprint density at radius 3 is 2.79 bits per heavy atom. The van der Waals surface area contributed by atoms with E-state index in [4.69, 9.17) is 5.11 Å². The van der Waals surface area contributed by atoms with E-state index in [-0.39, 0.29) is 11.6 Å². The zero-order valence-corrected chi connectivity index (χ0v) is 11.2. The minimum atomic E-state index is -0.922. The highest BCUT2D eigenvalue weighted by molar-refractivity contribution is 5.88. The van der Waals surface area contributed by atoms with Crippen LogP contribution in [0.5, 0.6) is 0 Å². The lowest BCUT2D eigenvalue weighted by molar-refractivity contribution is 0.0697. The number of carboxylic acid groups (broad SMARTS) is 1. The SMILES string of the molecule is Cc1nn(C)cc1C(C)Nc1cccc(C(=O)O)c1. The molecule has 100 valence electrons. The molecule has 0 saturated heterocycles. The molecule has 1 heterocycles. The van der Waals surface area contributed by atoms with Gasteiger partial charge in [0.1, 0.15) is 0 Å². The quantitative estimate of drug-likeness (QED) is 0.885. The molecule has 19 heavy (non-hydrogen) atoms. The van der Waals surface area contributed by atoms with Crippen molar-refractivity contribution in [3.05, 3.63) is 47.3 Å². The molecule has 1 aromatic heterocycles. The number of nitrogens with one attached hydrogen (secondary N) is 1. The topological polar surface area (TPSA) is 67.2 Å². The predicted molar refractivity (Wildman–Crippen MR) is 73.4 cm³/mol. The molecule has 0 radical (unpaired) electrons. The largest absolute Gasteiger partial charge is 0.478 e. The summed E-state index contributed by atoms with van der Waals surface area (Å²) in [4.78, 5) is 10.9. The number of hydrogen-bond donors (Lipinski definition) is 2. The lowest BCUT2D eigenvalue weighted by Crippen LogP contribution is -2.08. The summed E-state index contributed by atoms with van der Waals surface area (Å²) in [6, 6.07) is 6.86. The van der Waals surface area contributed by atoms with E-state index in [2.05, 4.69) is 10.4 Å². The van der Waals surface area contributed by atoms with Gasteiger partial charge in [-0.3, -0.25) is 4.68 Å². The number of hydrogen-bond acceptors (Lipinski definition) is 3. The van der Waals surface area contributed by atoms with Crippen LogP contribution < -0.4 is 5.32 Å². The van der Waals surface area contributed by atoms with Crippen molar-refractivity contribution in [1.82, 2.24) is 9.78 Å². The van der Waals surface area contributed by atoms with Gasteiger partial charge in [-0.1, -0.05) is 6.07 Å². The Balaban J connectivity index is 2.19.